The van der Waals surface area contributed by atoms with Crippen LogP contribution in [0.25, 0.3) is 0 Å². The van der Waals surface area contributed by atoms with Crippen LogP contribution in [0.1, 0.15) is 143 Å². The number of hydrogen-bond donors (Lipinski definition) is 0. The van der Waals surface area contributed by atoms with Crippen LogP contribution in [-0.2, 0) is 5.88 Å². The summed E-state index contributed by atoms with van der Waals surface area (Å²) >= 11 is 6.05. The predicted molar refractivity (Wildman–Crippen MR) is 134 cm³/mol. The van der Waals surface area contributed by atoms with E-state index in [0.717, 1.165) is 23.1 Å². The fraction of sp³-hybridized carbons (Fsp3) is 0.750. The van der Waals surface area contributed by atoms with Crippen molar-refractivity contribution >= 4 is 17.4 Å². The summed E-state index contributed by atoms with van der Waals surface area (Å²) in [5.41, 5.74) is 4.15. The van der Waals surface area contributed by atoms with E-state index in [0.29, 0.717) is 12.3 Å². The van der Waals surface area contributed by atoms with E-state index in [4.69, 9.17) is 11.6 Å². The van der Waals surface area contributed by atoms with Crippen molar-refractivity contribution in [1.29, 1.82) is 0 Å². The second kappa shape index (κ2) is 17.8. The lowest BCUT2D eigenvalue weighted by Crippen LogP contribution is -2.07. The molecular formula is C28H47ClO. The van der Waals surface area contributed by atoms with Gasteiger partial charge in [0.15, 0.2) is 5.78 Å². The Morgan fingerprint density at radius 3 is 1.57 bits per heavy atom. The third-order valence-electron chi connectivity index (χ3n) is 6.50. The van der Waals surface area contributed by atoms with Crippen LogP contribution >= 0.6 is 11.6 Å². The number of carbonyl (C=O) groups excluding carboxylic acids is 1. The van der Waals surface area contributed by atoms with Crippen molar-refractivity contribution in [3.63, 3.8) is 0 Å². The summed E-state index contributed by atoms with van der Waals surface area (Å²) in [6, 6.07) is 4.08. The molecule has 0 aliphatic rings. The maximum atomic E-state index is 12.7. The fourth-order valence-corrected chi connectivity index (χ4v) is 4.55. The normalized spacial score (nSPS) is 11.2. The van der Waals surface area contributed by atoms with Crippen molar-refractivity contribution in [2.24, 2.45) is 0 Å². The number of alkyl halides is 1. The molecule has 0 saturated carbocycles. The van der Waals surface area contributed by atoms with Crippen molar-refractivity contribution in [1.82, 2.24) is 0 Å². The first-order valence-electron chi connectivity index (χ1n) is 12.8. The van der Waals surface area contributed by atoms with E-state index >= 15 is 0 Å². The second-order valence-corrected chi connectivity index (χ2v) is 9.42. The Hall–Kier alpha value is -0.820. The van der Waals surface area contributed by atoms with Crippen LogP contribution in [0.3, 0.4) is 0 Å². The number of ketones is 1. The fourth-order valence-electron chi connectivity index (χ4n) is 4.33. The van der Waals surface area contributed by atoms with E-state index in [1.807, 2.05) is 13.0 Å². The number of rotatable bonds is 19. The first-order valence-corrected chi connectivity index (χ1v) is 13.3. The van der Waals surface area contributed by atoms with Gasteiger partial charge in [-0.05, 0) is 37.0 Å². The third kappa shape index (κ3) is 11.5. The molecule has 0 fully saturated rings. The molecule has 0 aromatic heterocycles. The predicted octanol–water partition coefficient (Wildman–Crippen LogP) is 9.88. The van der Waals surface area contributed by atoms with Crippen molar-refractivity contribution in [2.45, 2.75) is 136 Å². The van der Waals surface area contributed by atoms with E-state index in [2.05, 4.69) is 19.9 Å². The smallest absolute Gasteiger partial charge is 0.163 e. The number of unbranched alkanes of at least 4 members (excludes halogenated alkanes) is 15. The molecule has 0 heterocycles. The van der Waals surface area contributed by atoms with Crippen LogP contribution in [0.4, 0.5) is 0 Å². The van der Waals surface area contributed by atoms with Crippen LogP contribution in [0.15, 0.2) is 12.1 Å². The van der Waals surface area contributed by atoms with Gasteiger partial charge >= 0.3 is 0 Å². The highest BCUT2D eigenvalue weighted by Crippen LogP contribution is 2.23. The number of benzene rings is 1. The number of carbonyl (C=O) groups is 1. The molecule has 0 unspecified atom stereocenters. The van der Waals surface area contributed by atoms with Gasteiger partial charge in [0.05, 0.1) is 0 Å². The Morgan fingerprint density at radius 2 is 1.13 bits per heavy atom. The molecule has 0 aliphatic heterocycles. The molecule has 1 aromatic rings. The molecule has 0 N–H and O–H groups in total. The molecule has 0 spiro atoms. The van der Waals surface area contributed by atoms with Gasteiger partial charge in [0, 0.05) is 17.9 Å². The van der Waals surface area contributed by atoms with Crippen molar-refractivity contribution in [3.05, 3.63) is 34.4 Å². The molecule has 0 bridgehead atoms. The summed E-state index contributed by atoms with van der Waals surface area (Å²) in [5.74, 6) is 0.693. The lowest BCUT2D eigenvalue weighted by Gasteiger charge is -2.12. The summed E-state index contributed by atoms with van der Waals surface area (Å²) in [5, 5.41) is 0. The molecule has 1 rings (SSSR count). The van der Waals surface area contributed by atoms with Gasteiger partial charge in [0.2, 0.25) is 0 Å². The monoisotopic (exact) mass is 434 g/mol. The van der Waals surface area contributed by atoms with Gasteiger partial charge < -0.3 is 0 Å². The van der Waals surface area contributed by atoms with E-state index in [9.17, 15) is 4.79 Å². The first kappa shape index (κ1) is 27.2. The van der Waals surface area contributed by atoms with Gasteiger partial charge in [-0.15, -0.1) is 11.6 Å². The SMILES string of the molecule is CCCCCCCCCCCCCCCCCCC(=O)c1c(CCl)ccc(C)c1C. The number of hydrogen-bond acceptors (Lipinski definition) is 1. The summed E-state index contributed by atoms with van der Waals surface area (Å²) in [6.07, 6.45) is 22.4. The topological polar surface area (TPSA) is 17.1 Å². The average molecular weight is 435 g/mol. The van der Waals surface area contributed by atoms with Crippen LogP contribution in [0.2, 0.25) is 0 Å². The number of halogens is 1. The molecule has 2 heteroatoms. The maximum Gasteiger partial charge on any atom is 0.163 e. The minimum absolute atomic E-state index is 0.275. The summed E-state index contributed by atoms with van der Waals surface area (Å²) in [6.45, 7) is 6.40. The minimum atomic E-state index is 0.275. The summed E-state index contributed by atoms with van der Waals surface area (Å²) in [7, 11) is 0. The molecule has 0 saturated heterocycles. The molecule has 0 aliphatic carbocycles. The Labute approximate surface area is 192 Å². The van der Waals surface area contributed by atoms with Gasteiger partial charge in [0.25, 0.3) is 0 Å². The highest BCUT2D eigenvalue weighted by Gasteiger charge is 2.15. The zero-order valence-corrected chi connectivity index (χ0v) is 20.9. The van der Waals surface area contributed by atoms with Gasteiger partial charge in [0.1, 0.15) is 0 Å². The number of Topliss-reactive ketones (excluding diaryl/α,β-unsaturated/α-hetero) is 1. The summed E-state index contributed by atoms with van der Waals surface area (Å²) in [4.78, 5) is 12.7. The van der Waals surface area contributed by atoms with E-state index in [1.165, 1.54) is 102 Å². The average Bonchev–Trinajstić information content (AvgIpc) is 2.75. The van der Waals surface area contributed by atoms with E-state index in [-0.39, 0.29) is 5.78 Å². The van der Waals surface area contributed by atoms with Crippen molar-refractivity contribution < 1.29 is 4.79 Å². The Balaban J connectivity index is 1.98. The van der Waals surface area contributed by atoms with E-state index < -0.39 is 0 Å². The molecule has 0 amide bonds. The highest BCUT2D eigenvalue weighted by atomic mass is 35.5. The van der Waals surface area contributed by atoms with Crippen LogP contribution in [0.5, 0.6) is 0 Å². The Bertz CT molecular complexity index is 578. The van der Waals surface area contributed by atoms with Gasteiger partial charge in [-0.2, -0.15) is 0 Å². The Kier molecular flexibility index (Phi) is 16.2. The lowest BCUT2D eigenvalue weighted by atomic mass is 9.93. The first-order chi connectivity index (χ1) is 14.6. The standard InChI is InChI=1S/C28H47ClO/c1-4-5-6-7-8-9-10-11-12-13-14-15-16-17-18-19-20-27(30)28-25(3)24(2)21-22-26(28)23-29/h21-22H,4-20,23H2,1-3H3. The second-order valence-electron chi connectivity index (χ2n) is 9.15. The highest BCUT2D eigenvalue weighted by molar-refractivity contribution is 6.18. The molecule has 0 radical (unpaired) electrons. The summed E-state index contributed by atoms with van der Waals surface area (Å²) < 4.78 is 0. The molecule has 172 valence electrons. The van der Waals surface area contributed by atoms with Gasteiger partial charge in [-0.3, -0.25) is 4.79 Å². The van der Waals surface area contributed by atoms with Crippen LogP contribution < -0.4 is 0 Å². The van der Waals surface area contributed by atoms with Crippen LogP contribution in [-0.4, -0.2) is 5.78 Å². The minimum Gasteiger partial charge on any atom is -0.294 e. The zero-order chi connectivity index (χ0) is 22.0. The maximum absolute atomic E-state index is 12.7. The third-order valence-corrected chi connectivity index (χ3v) is 6.79. The zero-order valence-electron chi connectivity index (χ0n) is 20.2. The largest absolute Gasteiger partial charge is 0.294 e. The van der Waals surface area contributed by atoms with E-state index in [1.54, 1.807) is 0 Å². The molecule has 1 aromatic carbocycles. The molecule has 30 heavy (non-hydrogen) atoms. The Morgan fingerprint density at radius 1 is 0.700 bits per heavy atom. The van der Waals surface area contributed by atoms with Gasteiger partial charge in [-0.1, -0.05) is 115 Å². The number of aryl methyl sites for hydroxylation is 1. The molecule has 0 atom stereocenters. The van der Waals surface area contributed by atoms with Crippen molar-refractivity contribution in [2.75, 3.05) is 0 Å². The van der Waals surface area contributed by atoms with Crippen LogP contribution in [0, 0.1) is 13.8 Å². The van der Waals surface area contributed by atoms with Gasteiger partial charge in [-0.25, -0.2) is 0 Å². The lowest BCUT2D eigenvalue weighted by molar-refractivity contribution is 0.0977. The molecule has 1 nitrogen and oxygen atoms in total. The quantitative estimate of drug-likeness (QED) is 0.120. The van der Waals surface area contributed by atoms with Crippen molar-refractivity contribution in [3.8, 4) is 0 Å². The molecular weight excluding hydrogens is 388 g/mol.